The van der Waals surface area contributed by atoms with E-state index in [1.54, 1.807) is 0 Å². The van der Waals surface area contributed by atoms with Crippen LogP contribution in [0.25, 0.3) is 0 Å². The molecular formula is C6H10O2. The lowest BCUT2D eigenvalue weighted by Gasteiger charge is -1.97. The summed E-state index contributed by atoms with van der Waals surface area (Å²) < 4.78 is 29.1. The van der Waals surface area contributed by atoms with E-state index in [0.717, 1.165) is 0 Å². The smallest absolute Gasteiger partial charge is 0.306 e. The number of aliphatic carboxylic acids is 1. The van der Waals surface area contributed by atoms with Gasteiger partial charge in [0.2, 0.25) is 0 Å². The maximum atomic E-state index is 10.6. The van der Waals surface area contributed by atoms with Gasteiger partial charge >= 0.3 is 5.97 Å². The van der Waals surface area contributed by atoms with E-state index in [1.165, 1.54) is 0 Å². The molecule has 0 amide bonds. The summed E-state index contributed by atoms with van der Waals surface area (Å²) >= 11 is 0. The van der Waals surface area contributed by atoms with Gasteiger partial charge in [-0.1, -0.05) is 12.8 Å². The molecule has 0 aromatic rings. The summed E-state index contributed by atoms with van der Waals surface area (Å²) in [7, 11) is 0. The quantitative estimate of drug-likeness (QED) is 0.562. The molecule has 0 aromatic heterocycles. The van der Waals surface area contributed by atoms with Crippen LogP contribution >= 0.6 is 0 Å². The summed E-state index contributed by atoms with van der Waals surface area (Å²) in [5.74, 6) is -2.91. The van der Waals surface area contributed by atoms with Crippen LogP contribution in [0.3, 0.4) is 0 Å². The van der Waals surface area contributed by atoms with Crippen LogP contribution in [0.5, 0.6) is 0 Å². The average molecular weight is 118 g/mol. The minimum Gasteiger partial charge on any atom is -0.481 e. The largest absolute Gasteiger partial charge is 0.481 e. The highest BCUT2D eigenvalue weighted by atomic mass is 16.4. The van der Waals surface area contributed by atoms with E-state index in [9.17, 15) is 4.79 Å². The zero-order valence-electron chi connectivity index (χ0n) is 8.35. The van der Waals surface area contributed by atoms with Crippen molar-refractivity contribution in [2.24, 2.45) is 5.92 Å². The predicted molar refractivity (Wildman–Crippen MR) is 29.6 cm³/mol. The van der Waals surface area contributed by atoms with Crippen molar-refractivity contribution >= 4 is 5.97 Å². The van der Waals surface area contributed by atoms with E-state index in [-0.39, 0.29) is 12.8 Å². The van der Waals surface area contributed by atoms with Gasteiger partial charge in [0.1, 0.15) is 0 Å². The Morgan fingerprint density at radius 3 is 2.38 bits per heavy atom. The molecule has 0 saturated heterocycles. The Bertz CT molecular complexity index is 198. The molecule has 0 atom stereocenters. The van der Waals surface area contributed by atoms with E-state index >= 15 is 0 Å². The Morgan fingerprint density at radius 2 is 2.12 bits per heavy atom. The van der Waals surface area contributed by atoms with Crippen molar-refractivity contribution in [3.63, 3.8) is 0 Å². The normalized spacial score (nSPS) is 41.5. The molecule has 0 spiro atoms. The van der Waals surface area contributed by atoms with Crippen LogP contribution in [-0.4, -0.2) is 11.1 Å². The highest BCUT2D eigenvalue weighted by Crippen LogP contribution is 2.24. The highest BCUT2D eigenvalue weighted by molar-refractivity contribution is 5.70. The lowest BCUT2D eigenvalue weighted by molar-refractivity contribution is -0.141. The van der Waals surface area contributed by atoms with Crippen molar-refractivity contribution in [1.82, 2.24) is 0 Å². The van der Waals surface area contributed by atoms with Gasteiger partial charge in [0.25, 0.3) is 0 Å². The minimum atomic E-state index is -1.91. The van der Waals surface area contributed by atoms with Gasteiger partial charge in [0, 0.05) is 5.48 Å². The van der Waals surface area contributed by atoms with Crippen molar-refractivity contribution in [2.45, 2.75) is 25.6 Å². The first kappa shape index (κ1) is 2.38. The van der Waals surface area contributed by atoms with Crippen LogP contribution in [0.15, 0.2) is 0 Å². The topological polar surface area (TPSA) is 37.3 Å². The molecule has 1 rings (SSSR count). The fraction of sp³-hybridized carbons (Fsp3) is 0.833. The van der Waals surface area contributed by atoms with Gasteiger partial charge in [-0.3, -0.25) is 4.79 Å². The molecule has 1 fully saturated rings. The highest BCUT2D eigenvalue weighted by Gasteiger charge is 2.20. The molecule has 1 aliphatic carbocycles. The first-order valence-electron chi connectivity index (χ1n) is 4.50. The van der Waals surface area contributed by atoms with Crippen molar-refractivity contribution in [3.05, 3.63) is 0 Å². The Balaban J connectivity index is 2.96. The minimum absolute atomic E-state index is 0.0169. The van der Waals surface area contributed by atoms with Gasteiger partial charge in [0.15, 0.2) is 0 Å². The van der Waals surface area contributed by atoms with Crippen molar-refractivity contribution in [1.29, 1.82) is 0 Å². The van der Waals surface area contributed by atoms with E-state index in [2.05, 4.69) is 0 Å². The molecule has 0 heterocycles. The first-order chi connectivity index (χ1) is 5.27. The van der Waals surface area contributed by atoms with E-state index in [1.807, 2.05) is 0 Å². The van der Waals surface area contributed by atoms with E-state index in [4.69, 9.17) is 10.6 Å². The van der Waals surface area contributed by atoms with Gasteiger partial charge in [0.05, 0.1) is 5.92 Å². The number of carbonyl (C=O) groups is 1. The van der Waals surface area contributed by atoms with Crippen LogP contribution in [0.1, 0.15) is 31.1 Å². The van der Waals surface area contributed by atoms with Gasteiger partial charge in [-0.2, -0.15) is 0 Å². The summed E-state index contributed by atoms with van der Waals surface area (Å²) in [6.45, 7) is 0. The third-order valence-corrected chi connectivity index (χ3v) is 1.07. The van der Waals surface area contributed by atoms with Gasteiger partial charge in [-0.15, -0.1) is 0 Å². The van der Waals surface area contributed by atoms with Crippen LogP contribution < -0.4 is 0 Å². The van der Waals surface area contributed by atoms with Crippen LogP contribution in [-0.2, 0) is 4.79 Å². The van der Waals surface area contributed by atoms with Gasteiger partial charge in [-0.25, -0.2) is 0 Å². The Kier molecular flexibility index (Phi) is 0.641. The number of hydrogen-bond donors (Lipinski definition) is 1. The molecule has 0 radical (unpaired) electrons. The van der Waals surface area contributed by atoms with E-state index in [0.29, 0.717) is 0 Å². The summed E-state index contributed by atoms with van der Waals surface area (Å²) in [4.78, 5) is 10.6. The molecule has 0 aromatic carbocycles. The second-order valence-electron chi connectivity index (χ2n) is 1.68. The summed E-state index contributed by atoms with van der Waals surface area (Å²) in [6.07, 6.45) is -3.85. The SMILES string of the molecule is [2H]C1([2H])CCC([2H])([2H])C1C(=O)O. The number of hydrogen-bond acceptors (Lipinski definition) is 1. The van der Waals surface area contributed by atoms with Crippen LogP contribution in [0.4, 0.5) is 0 Å². The predicted octanol–water partition coefficient (Wildman–Crippen LogP) is 1.26. The standard InChI is InChI=1S/C6H10O2/c7-6(8)5-3-1-2-4-5/h5H,1-4H2,(H,7,8)/i3D2,4D2. The molecule has 1 N–H and O–H groups in total. The van der Waals surface area contributed by atoms with E-state index < -0.39 is 24.6 Å². The third kappa shape index (κ3) is 0.997. The molecule has 0 aliphatic heterocycles. The monoisotopic (exact) mass is 118 g/mol. The van der Waals surface area contributed by atoms with Crippen LogP contribution in [0.2, 0.25) is 0 Å². The third-order valence-electron chi connectivity index (χ3n) is 1.07. The molecular weight excluding hydrogens is 104 g/mol. The Labute approximate surface area is 54.1 Å². The number of rotatable bonds is 1. The average Bonchev–Trinajstić information content (AvgIpc) is 2.01. The molecule has 2 heteroatoms. The Morgan fingerprint density at radius 1 is 1.62 bits per heavy atom. The number of carboxylic acid groups (broad SMARTS) is 1. The van der Waals surface area contributed by atoms with Crippen molar-refractivity contribution in [2.75, 3.05) is 0 Å². The maximum absolute atomic E-state index is 10.6. The second-order valence-corrected chi connectivity index (χ2v) is 1.68. The first-order valence-corrected chi connectivity index (χ1v) is 2.50. The fourth-order valence-electron chi connectivity index (χ4n) is 0.680. The summed E-state index contributed by atoms with van der Waals surface area (Å²) in [5.41, 5.74) is 0. The van der Waals surface area contributed by atoms with Crippen LogP contribution in [0, 0.1) is 5.92 Å². The number of carboxylic acids is 1. The van der Waals surface area contributed by atoms with Gasteiger partial charge < -0.3 is 5.11 Å². The Hall–Kier alpha value is -0.530. The zero-order chi connectivity index (χ0) is 9.57. The molecule has 0 bridgehead atoms. The molecule has 46 valence electrons. The zero-order valence-corrected chi connectivity index (χ0v) is 4.35. The van der Waals surface area contributed by atoms with Crippen molar-refractivity contribution < 1.29 is 15.4 Å². The fourth-order valence-corrected chi connectivity index (χ4v) is 0.680. The lowest BCUT2D eigenvalue weighted by Crippen LogP contribution is -2.07. The second kappa shape index (κ2) is 2.16. The lowest BCUT2D eigenvalue weighted by atomic mass is 10.1. The summed E-state index contributed by atoms with van der Waals surface area (Å²) in [6, 6.07) is 0. The molecule has 1 aliphatic rings. The van der Waals surface area contributed by atoms with Gasteiger partial charge in [-0.05, 0) is 12.7 Å². The molecule has 2 nitrogen and oxygen atoms in total. The molecule has 1 saturated carbocycles. The molecule has 8 heavy (non-hydrogen) atoms. The van der Waals surface area contributed by atoms with Crippen molar-refractivity contribution in [3.8, 4) is 0 Å². The molecule has 0 unspecified atom stereocenters. The maximum Gasteiger partial charge on any atom is 0.306 e. The summed E-state index contributed by atoms with van der Waals surface area (Å²) in [5, 5.41) is 8.60.